The minimum absolute atomic E-state index is 0.0695. The number of hydrogen-bond acceptors (Lipinski definition) is 7. The molecule has 0 saturated heterocycles. The molecule has 0 fully saturated rings. The van der Waals surface area contributed by atoms with E-state index in [0.717, 1.165) is 5.56 Å². The summed E-state index contributed by atoms with van der Waals surface area (Å²) in [6.07, 6.45) is 4.45. The second-order valence-corrected chi connectivity index (χ2v) is 9.54. The summed E-state index contributed by atoms with van der Waals surface area (Å²) in [7, 11) is -3.93. The molecule has 3 aromatic rings. The summed E-state index contributed by atoms with van der Waals surface area (Å²) in [5.74, 6) is -0.985. The van der Waals surface area contributed by atoms with E-state index in [1.165, 1.54) is 42.5 Å². The molecule has 0 spiro atoms. The summed E-state index contributed by atoms with van der Waals surface area (Å²) < 4.78 is 28.5. The first-order chi connectivity index (χ1) is 16.7. The van der Waals surface area contributed by atoms with Gasteiger partial charge in [0.1, 0.15) is 11.4 Å². The van der Waals surface area contributed by atoms with Crippen LogP contribution in [0.1, 0.15) is 27.0 Å². The van der Waals surface area contributed by atoms with Crippen molar-refractivity contribution in [2.24, 2.45) is 10.2 Å². The van der Waals surface area contributed by atoms with Gasteiger partial charge in [0.05, 0.1) is 15.5 Å². The highest BCUT2D eigenvalue weighted by molar-refractivity contribution is 7.92. The topological polar surface area (TPSA) is 151 Å². The Morgan fingerprint density at radius 3 is 2.29 bits per heavy atom. The number of azo groups is 1. The molecule has 0 saturated carbocycles. The lowest BCUT2D eigenvalue weighted by molar-refractivity contribution is -0.384. The maximum atomic E-state index is 13.0. The third-order valence-corrected chi connectivity index (χ3v) is 6.84. The smallest absolute Gasteiger partial charge is 0.295 e. The number of carbonyl (C=O) groups excluding carboxylic acids is 1. The minimum Gasteiger partial charge on any atom is -0.505 e. The van der Waals surface area contributed by atoms with E-state index in [1.54, 1.807) is 12.1 Å². The first kappa shape index (κ1) is 23.8. The van der Waals surface area contributed by atoms with Crippen LogP contribution >= 0.6 is 0 Å². The number of benzene rings is 3. The summed E-state index contributed by atoms with van der Waals surface area (Å²) in [5.41, 5.74) is 2.02. The molecule has 178 valence electrons. The predicted octanol–water partition coefficient (Wildman–Crippen LogP) is 4.99. The van der Waals surface area contributed by atoms with E-state index in [1.807, 2.05) is 19.1 Å². The van der Waals surface area contributed by atoms with Gasteiger partial charge < -0.3 is 5.11 Å². The standard InChI is InChI=1S/C24H20N4O6S/c1-15-6-12-18(13-7-15)35(33,34)27-21-14-22(23(29)20-5-3-2-4-19(20)21)25-26-24(30)16-8-10-17(11-9-16)28(31)32/h2-3,6-14,27,29H,4-5H2,1H3. The maximum absolute atomic E-state index is 13.0. The lowest BCUT2D eigenvalue weighted by Gasteiger charge is -2.20. The zero-order chi connectivity index (χ0) is 25.2. The molecular formula is C24H20N4O6S. The van der Waals surface area contributed by atoms with Crippen molar-refractivity contribution in [3.63, 3.8) is 0 Å². The zero-order valence-electron chi connectivity index (χ0n) is 18.5. The van der Waals surface area contributed by atoms with Gasteiger partial charge in [0.15, 0.2) is 0 Å². The van der Waals surface area contributed by atoms with Crippen molar-refractivity contribution in [3.8, 4) is 5.75 Å². The van der Waals surface area contributed by atoms with E-state index in [9.17, 15) is 28.4 Å². The number of allylic oxidation sites excluding steroid dienone is 2. The second kappa shape index (κ2) is 9.47. The van der Waals surface area contributed by atoms with Crippen molar-refractivity contribution >= 4 is 33.0 Å². The number of aryl methyl sites for hydroxylation is 1. The molecule has 11 heteroatoms. The second-order valence-electron chi connectivity index (χ2n) is 7.86. The Bertz CT molecular complexity index is 1480. The average Bonchev–Trinajstić information content (AvgIpc) is 2.85. The number of nitro groups is 1. The molecule has 10 nitrogen and oxygen atoms in total. The van der Waals surface area contributed by atoms with Crippen molar-refractivity contribution in [1.82, 2.24) is 0 Å². The van der Waals surface area contributed by atoms with Gasteiger partial charge in [-0.05, 0) is 55.7 Å². The van der Waals surface area contributed by atoms with Gasteiger partial charge in [-0.1, -0.05) is 29.8 Å². The normalized spacial score (nSPS) is 12.9. The van der Waals surface area contributed by atoms with Crippen molar-refractivity contribution in [2.45, 2.75) is 24.7 Å². The van der Waals surface area contributed by atoms with Gasteiger partial charge in [-0.3, -0.25) is 19.6 Å². The maximum Gasteiger partial charge on any atom is 0.295 e. The van der Waals surface area contributed by atoms with Crippen LogP contribution in [0.3, 0.4) is 0 Å². The fraction of sp³-hybridized carbons (Fsp3) is 0.125. The van der Waals surface area contributed by atoms with E-state index in [-0.39, 0.29) is 33.3 Å². The molecule has 1 aliphatic rings. The quantitative estimate of drug-likeness (QED) is 0.163. The molecule has 0 aromatic heterocycles. The first-order valence-corrected chi connectivity index (χ1v) is 12.0. The molecule has 4 rings (SSSR count). The molecule has 35 heavy (non-hydrogen) atoms. The fourth-order valence-corrected chi connectivity index (χ4v) is 4.66. The van der Waals surface area contributed by atoms with Gasteiger partial charge in [-0.2, -0.15) is 0 Å². The van der Waals surface area contributed by atoms with Crippen LogP contribution in [0.2, 0.25) is 0 Å². The molecule has 0 unspecified atom stereocenters. The summed E-state index contributed by atoms with van der Waals surface area (Å²) in [4.78, 5) is 22.7. The highest BCUT2D eigenvalue weighted by atomic mass is 32.2. The Hall–Kier alpha value is -4.38. The molecule has 0 radical (unpaired) electrons. The van der Waals surface area contributed by atoms with E-state index < -0.39 is 20.9 Å². The average molecular weight is 493 g/mol. The van der Waals surface area contributed by atoms with Crippen LogP contribution in [-0.2, 0) is 22.9 Å². The van der Waals surface area contributed by atoms with Crippen LogP contribution in [0.5, 0.6) is 5.75 Å². The predicted molar refractivity (Wildman–Crippen MR) is 129 cm³/mol. The highest BCUT2D eigenvalue weighted by Gasteiger charge is 2.23. The van der Waals surface area contributed by atoms with E-state index >= 15 is 0 Å². The number of anilines is 1. The molecule has 0 bridgehead atoms. The Morgan fingerprint density at radius 2 is 1.66 bits per heavy atom. The Balaban J connectivity index is 1.68. The van der Waals surface area contributed by atoms with Gasteiger partial charge in [0.2, 0.25) is 0 Å². The lowest BCUT2D eigenvalue weighted by Crippen LogP contribution is -2.15. The molecular weight excluding hydrogens is 472 g/mol. The number of aromatic hydroxyl groups is 1. The SMILES string of the molecule is Cc1ccc(S(=O)(=O)Nc2cc(N=NC(=O)c3ccc([N+](=O)[O-])cc3)c(O)c3c2CC=CC3)cc1. The largest absolute Gasteiger partial charge is 0.505 e. The Labute approximate surface area is 200 Å². The van der Waals surface area contributed by atoms with Gasteiger partial charge in [0.25, 0.3) is 21.6 Å². The van der Waals surface area contributed by atoms with Gasteiger partial charge >= 0.3 is 0 Å². The first-order valence-electron chi connectivity index (χ1n) is 10.5. The van der Waals surface area contributed by atoms with Gasteiger partial charge in [0, 0.05) is 23.3 Å². The Morgan fingerprint density at radius 1 is 1.03 bits per heavy atom. The van der Waals surface area contributed by atoms with Crippen molar-refractivity contribution in [3.05, 3.63) is 99.1 Å². The summed E-state index contributed by atoms with van der Waals surface area (Å²) in [6.45, 7) is 1.85. The van der Waals surface area contributed by atoms with Crippen LogP contribution in [-0.4, -0.2) is 24.4 Å². The molecule has 0 aliphatic heterocycles. The van der Waals surface area contributed by atoms with Crippen LogP contribution in [0.4, 0.5) is 17.1 Å². The highest BCUT2D eigenvalue weighted by Crippen LogP contribution is 2.41. The molecule has 1 aliphatic carbocycles. The van der Waals surface area contributed by atoms with Crippen LogP contribution < -0.4 is 4.72 Å². The number of sulfonamides is 1. The van der Waals surface area contributed by atoms with Crippen LogP contribution in [0, 0.1) is 17.0 Å². The molecule has 2 N–H and O–H groups in total. The molecule has 0 atom stereocenters. The van der Waals surface area contributed by atoms with Gasteiger partial charge in [-0.25, -0.2) is 8.42 Å². The number of hydrogen-bond donors (Lipinski definition) is 2. The monoisotopic (exact) mass is 492 g/mol. The molecule has 3 aromatic carbocycles. The minimum atomic E-state index is -3.93. The lowest BCUT2D eigenvalue weighted by atomic mass is 9.93. The van der Waals surface area contributed by atoms with E-state index in [2.05, 4.69) is 15.0 Å². The van der Waals surface area contributed by atoms with Crippen molar-refractivity contribution < 1.29 is 23.2 Å². The number of nitrogens with one attached hydrogen (secondary N) is 1. The summed E-state index contributed by atoms with van der Waals surface area (Å²) >= 11 is 0. The van der Waals surface area contributed by atoms with Crippen LogP contribution in [0.25, 0.3) is 0 Å². The number of fused-ring (bicyclic) bond motifs is 1. The van der Waals surface area contributed by atoms with Crippen molar-refractivity contribution in [1.29, 1.82) is 0 Å². The number of non-ortho nitro benzene ring substituents is 1. The van der Waals surface area contributed by atoms with Gasteiger partial charge in [-0.15, -0.1) is 10.2 Å². The summed E-state index contributed by atoms with van der Waals surface area (Å²) in [5, 5.41) is 29.0. The number of phenolic OH excluding ortho intramolecular Hbond substituents is 1. The number of rotatable bonds is 6. The van der Waals surface area contributed by atoms with E-state index in [0.29, 0.717) is 24.0 Å². The number of nitro benzene ring substituents is 1. The number of phenols is 1. The zero-order valence-corrected chi connectivity index (χ0v) is 19.3. The summed E-state index contributed by atoms with van der Waals surface area (Å²) in [6, 6.07) is 12.5. The number of carbonyl (C=O) groups is 1. The molecule has 1 amide bonds. The number of amides is 1. The third kappa shape index (κ3) is 5.09. The van der Waals surface area contributed by atoms with Crippen LogP contribution in [0.15, 0.2) is 81.9 Å². The molecule has 0 heterocycles. The Kier molecular flexibility index (Phi) is 6.43. The fourth-order valence-electron chi connectivity index (χ4n) is 3.58. The number of nitrogens with zero attached hydrogens (tertiary/aromatic N) is 3. The third-order valence-electron chi connectivity index (χ3n) is 5.46. The van der Waals surface area contributed by atoms with Crippen molar-refractivity contribution in [2.75, 3.05) is 4.72 Å². The van der Waals surface area contributed by atoms with E-state index in [4.69, 9.17) is 0 Å².